The Kier molecular flexibility index (Phi) is 5.17. The molecule has 0 unspecified atom stereocenters. The van der Waals surface area contributed by atoms with Crippen molar-refractivity contribution in [3.8, 4) is 0 Å². The highest BCUT2D eigenvalue weighted by Gasteiger charge is 2.23. The molecule has 1 heterocycles. The minimum Gasteiger partial charge on any atom is -0.366 e. The van der Waals surface area contributed by atoms with Gasteiger partial charge in [0.15, 0.2) is 0 Å². The molecule has 0 radical (unpaired) electrons. The highest BCUT2D eigenvalue weighted by atomic mass is 16.6. The van der Waals surface area contributed by atoms with Crippen LogP contribution in [0, 0.1) is 16.0 Å². The van der Waals surface area contributed by atoms with Gasteiger partial charge in [-0.15, -0.1) is 0 Å². The molecule has 116 valence electrons. The van der Waals surface area contributed by atoms with E-state index in [9.17, 15) is 10.1 Å². The van der Waals surface area contributed by atoms with Crippen molar-refractivity contribution in [2.75, 3.05) is 31.6 Å². The maximum absolute atomic E-state index is 11.3. The van der Waals surface area contributed by atoms with Crippen molar-refractivity contribution in [1.29, 1.82) is 0 Å². The first kappa shape index (κ1) is 15.8. The molecule has 2 rings (SSSR count). The van der Waals surface area contributed by atoms with Crippen LogP contribution < -0.4 is 4.90 Å². The summed E-state index contributed by atoms with van der Waals surface area (Å²) in [6.07, 6.45) is 2.21. The molecule has 5 nitrogen and oxygen atoms in total. The maximum atomic E-state index is 11.3. The summed E-state index contributed by atoms with van der Waals surface area (Å²) in [6, 6.07) is 5.53. The Hall–Kier alpha value is -1.62. The molecule has 1 aliphatic rings. The number of rotatable bonds is 5. The number of anilines is 1. The third kappa shape index (κ3) is 3.94. The third-order valence-corrected chi connectivity index (χ3v) is 4.35. The van der Waals surface area contributed by atoms with Crippen LogP contribution in [0.25, 0.3) is 0 Å². The van der Waals surface area contributed by atoms with Gasteiger partial charge in [-0.1, -0.05) is 19.9 Å². The quantitative estimate of drug-likeness (QED) is 0.617. The fourth-order valence-electron chi connectivity index (χ4n) is 2.75. The maximum Gasteiger partial charge on any atom is 0.292 e. The minimum atomic E-state index is -0.263. The molecule has 0 N–H and O–H groups in total. The van der Waals surface area contributed by atoms with E-state index in [1.54, 1.807) is 6.07 Å². The van der Waals surface area contributed by atoms with Crippen LogP contribution >= 0.6 is 0 Å². The molecule has 1 aliphatic heterocycles. The Balaban J connectivity index is 2.26. The Labute approximate surface area is 126 Å². The minimum absolute atomic E-state index is 0.229. The number of benzene rings is 1. The molecular formula is C16H25N3O2. The zero-order valence-electron chi connectivity index (χ0n) is 13.2. The zero-order valence-corrected chi connectivity index (χ0v) is 13.2. The number of hydrogen-bond acceptors (Lipinski definition) is 4. The molecule has 0 amide bonds. The highest BCUT2D eigenvalue weighted by molar-refractivity contribution is 5.64. The second kappa shape index (κ2) is 6.89. The SMILES string of the molecule is CCN(C)Cc1ccc([N+](=O)[O-])c(N2CCC(C)CC2)c1. The predicted octanol–water partition coefficient (Wildman–Crippen LogP) is 3.28. The van der Waals surface area contributed by atoms with Gasteiger partial charge in [-0.3, -0.25) is 10.1 Å². The van der Waals surface area contributed by atoms with Crippen LogP contribution in [0.4, 0.5) is 11.4 Å². The second-order valence-electron chi connectivity index (χ2n) is 6.08. The molecule has 0 atom stereocenters. The van der Waals surface area contributed by atoms with E-state index in [1.165, 1.54) is 0 Å². The van der Waals surface area contributed by atoms with Crippen molar-refractivity contribution in [2.45, 2.75) is 33.2 Å². The fraction of sp³-hybridized carbons (Fsp3) is 0.625. The Morgan fingerprint density at radius 3 is 2.62 bits per heavy atom. The molecule has 0 spiro atoms. The molecule has 0 saturated carbocycles. The predicted molar refractivity (Wildman–Crippen MR) is 85.7 cm³/mol. The van der Waals surface area contributed by atoms with Crippen LogP contribution in [-0.2, 0) is 6.54 Å². The zero-order chi connectivity index (χ0) is 15.4. The molecule has 0 aromatic heterocycles. The summed E-state index contributed by atoms with van der Waals surface area (Å²) in [5.74, 6) is 0.717. The van der Waals surface area contributed by atoms with Crippen molar-refractivity contribution >= 4 is 11.4 Å². The van der Waals surface area contributed by atoms with E-state index < -0.39 is 0 Å². The summed E-state index contributed by atoms with van der Waals surface area (Å²) in [5.41, 5.74) is 2.15. The van der Waals surface area contributed by atoms with Gasteiger partial charge in [-0.2, -0.15) is 0 Å². The topological polar surface area (TPSA) is 49.6 Å². The van der Waals surface area contributed by atoms with Crippen molar-refractivity contribution < 1.29 is 4.92 Å². The first-order chi connectivity index (χ1) is 10.0. The normalized spacial score (nSPS) is 16.5. The van der Waals surface area contributed by atoms with Crippen LogP contribution in [0.2, 0.25) is 0 Å². The van der Waals surface area contributed by atoms with Crippen LogP contribution in [0.1, 0.15) is 32.3 Å². The van der Waals surface area contributed by atoms with E-state index in [0.29, 0.717) is 0 Å². The van der Waals surface area contributed by atoms with Crippen molar-refractivity contribution in [3.63, 3.8) is 0 Å². The smallest absolute Gasteiger partial charge is 0.292 e. The van der Waals surface area contributed by atoms with Gasteiger partial charge in [0, 0.05) is 25.7 Å². The summed E-state index contributed by atoms with van der Waals surface area (Å²) in [7, 11) is 2.06. The lowest BCUT2D eigenvalue weighted by Gasteiger charge is -2.32. The van der Waals surface area contributed by atoms with E-state index >= 15 is 0 Å². The van der Waals surface area contributed by atoms with Crippen LogP contribution in [0.5, 0.6) is 0 Å². The fourth-order valence-corrected chi connectivity index (χ4v) is 2.75. The number of nitro groups is 1. The van der Waals surface area contributed by atoms with Crippen molar-refractivity contribution in [2.24, 2.45) is 5.92 Å². The second-order valence-corrected chi connectivity index (χ2v) is 6.08. The lowest BCUT2D eigenvalue weighted by Crippen LogP contribution is -2.33. The molecule has 0 aliphatic carbocycles. The van der Waals surface area contributed by atoms with Gasteiger partial charge in [-0.25, -0.2) is 0 Å². The monoisotopic (exact) mass is 291 g/mol. The van der Waals surface area contributed by atoms with E-state index in [1.807, 2.05) is 12.1 Å². The summed E-state index contributed by atoms with van der Waals surface area (Å²) < 4.78 is 0. The van der Waals surface area contributed by atoms with Gasteiger partial charge in [0.1, 0.15) is 5.69 Å². The molecule has 1 fully saturated rings. The molecule has 1 aromatic rings. The van der Waals surface area contributed by atoms with Gasteiger partial charge in [0.25, 0.3) is 5.69 Å². The van der Waals surface area contributed by atoms with E-state index in [-0.39, 0.29) is 10.6 Å². The van der Waals surface area contributed by atoms with Crippen LogP contribution in [0.15, 0.2) is 18.2 Å². The molecule has 0 bridgehead atoms. The van der Waals surface area contributed by atoms with Crippen LogP contribution in [-0.4, -0.2) is 36.5 Å². The Morgan fingerprint density at radius 1 is 1.38 bits per heavy atom. The van der Waals surface area contributed by atoms with Gasteiger partial charge in [-0.05, 0) is 44.0 Å². The summed E-state index contributed by atoms with van der Waals surface area (Å²) in [5, 5.41) is 11.3. The third-order valence-electron chi connectivity index (χ3n) is 4.35. The Morgan fingerprint density at radius 2 is 2.05 bits per heavy atom. The first-order valence-electron chi connectivity index (χ1n) is 7.72. The van der Waals surface area contributed by atoms with Gasteiger partial charge in [0.2, 0.25) is 0 Å². The lowest BCUT2D eigenvalue weighted by atomic mass is 9.98. The first-order valence-corrected chi connectivity index (χ1v) is 7.72. The Bertz CT molecular complexity index is 496. The largest absolute Gasteiger partial charge is 0.366 e. The number of nitro benzene ring substituents is 1. The molecule has 5 heteroatoms. The van der Waals surface area contributed by atoms with Gasteiger partial charge < -0.3 is 9.80 Å². The molecule has 1 aromatic carbocycles. The standard InChI is InChI=1S/C16H25N3O2/c1-4-17(3)12-14-5-6-15(19(20)21)16(11-14)18-9-7-13(2)8-10-18/h5-6,11,13H,4,7-10,12H2,1-3H3. The summed E-state index contributed by atoms with van der Waals surface area (Å²) in [6.45, 7) is 7.97. The summed E-state index contributed by atoms with van der Waals surface area (Å²) >= 11 is 0. The number of nitrogens with zero attached hydrogens (tertiary/aromatic N) is 3. The average Bonchev–Trinajstić information content (AvgIpc) is 2.47. The van der Waals surface area contributed by atoms with Crippen molar-refractivity contribution in [3.05, 3.63) is 33.9 Å². The number of hydrogen-bond donors (Lipinski definition) is 0. The van der Waals surface area contributed by atoms with Crippen LogP contribution in [0.3, 0.4) is 0 Å². The molecule has 1 saturated heterocycles. The average molecular weight is 291 g/mol. The van der Waals surface area contributed by atoms with Gasteiger partial charge in [0.05, 0.1) is 4.92 Å². The van der Waals surface area contributed by atoms with E-state index in [4.69, 9.17) is 0 Å². The molecule has 21 heavy (non-hydrogen) atoms. The van der Waals surface area contributed by atoms with E-state index in [2.05, 4.69) is 30.7 Å². The highest BCUT2D eigenvalue weighted by Crippen LogP contribution is 2.32. The van der Waals surface area contributed by atoms with E-state index in [0.717, 1.165) is 56.2 Å². The molecular weight excluding hydrogens is 266 g/mol. The number of piperidine rings is 1. The van der Waals surface area contributed by atoms with Gasteiger partial charge >= 0.3 is 0 Å². The summed E-state index contributed by atoms with van der Waals surface area (Å²) in [4.78, 5) is 15.4. The lowest BCUT2D eigenvalue weighted by molar-refractivity contribution is -0.384. The van der Waals surface area contributed by atoms with Crippen molar-refractivity contribution in [1.82, 2.24) is 4.90 Å².